The van der Waals surface area contributed by atoms with Crippen molar-refractivity contribution in [1.29, 1.82) is 0 Å². The predicted molar refractivity (Wildman–Crippen MR) is 117 cm³/mol. The average Bonchev–Trinajstić information content (AvgIpc) is 3.42. The second-order valence-electron chi connectivity index (χ2n) is 6.50. The van der Waals surface area contributed by atoms with Gasteiger partial charge in [0, 0.05) is 17.8 Å². The first-order valence-corrected chi connectivity index (χ1v) is 10.2. The highest BCUT2D eigenvalue weighted by molar-refractivity contribution is 7.13. The first-order chi connectivity index (χ1) is 15.0. The van der Waals surface area contributed by atoms with Gasteiger partial charge in [0.1, 0.15) is 11.5 Å². The van der Waals surface area contributed by atoms with Gasteiger partial charge in [-0.05, 0) is 30.5 Å². The van der Waals surface area contributed by atoms with E-state index in [0.717, 1.165) is 4.88 Å². The van der Waals surface area contributed by atoms with Crippen molar-refractivity contribution < 1.29 is 14.3 Å². The second kappa shape index (κ2) is 8.84. The molecule has 1 aromatic carbocycles. The number of amides is 1. The Hall–Kier alpha value is -3.92. The van der Waals surface area contributed by atoms with Gasteiger partial charge >= 0.3 is 0 Å². The van der Waals surface area contributed by atoms with E-state index in [0.29, 0.717) is 28.7 Å². The standard InChI is InChI=1S/C21H19N5O4S/c1-13-10-19(27)24-21(22-13)26-18(11-14(25-26)17-8-5-9-31-17)23-20(28)12-30-16-7-4-3-6-15(16)29-2/h3-11H,12H2,1-2H3,(H,23,28)(H,22,24,27). The van der Waals surface area contributed by atoms with Gasteiger partial charge in [-0.2, -0.15) is 9.78 Å². The zero-order valence-corrected chi connectivity index (χ0v) is 17.6. The van der Waals surface area contributed by atoms with Crippen molar-refractivity contribution in [2.24, 2.45) is 0 Å². The van der Waals surface area contributed by atoms with Crippen molar-refractivity contribution >= 4 is 23.1 Å². The third-order valence-corrected chi connectivity index (χ3v) is 5.13. The van der Waals surface area contributed by atoms with Crippen LogP contribution in [0.15, 0.2) is 58.7 Å². The molecule has 158 valence electrons. The van der Waals surface area contributed by atoms with Crippen LogP contribution in [-0.4, -0.2) is 39.4 Å². The fraction of sp³-hybridized carbons (Fsp3) is 0.143. The third kappa shape index (κ3) is 4.64. The zero-order chi connectivity index (χ0) is 21.8. The van der Waals surface area contributed by atoms with E-state index in [9.17, 15) is 9.59 Å². The fourth-order valence-electron chi connectivity index (χ4n) is 2.90. The quantitative estimate of drug-likeness (QED) is 0.460. The van der Waals surface area contributed by atoms with Gasteiger partial charge in [-0.25, -0.2) is 4.98 Å². The molecule has 3 aromatic heterocycles. The summed E-state index contributed by atoms with van der Waals surface area (Å²) in [6, 6.07) is 14.0. The smallest absolute Gasteiger partial charge is 0.263 e. The number of nitrogens with one attached hydrogen (secondary N) is 2. The molecule has 0 unspecified atom stereocenters. The zero-order valence-electron chi connectivity index (χ0n) is 16.8. The molecule has 4 aromatic rings. The Morgan fingerprint density at radius 2 is 2.00 bits per heavy atom. The van der Waals surface area contributed by atoms with E-state index in [1.165, 1.54) is 29.2 Å². The van der Waals surface area contributed by atoms with Crippen LogP contribution in [0.1, 0.15) is 5.69 Å². The fourth-order valence-corrected chi connectivity index (χ4v) is 3.58. The molecule has 2 N–H and O–H groups in total. The number of para-hydroxylation sites is 2. The van der Waals surface area contributed by atoms with Crippen LogP contribution in [0.2, 0.25) is 0 Å². The van der Waals surface area contributed by atoms with Crippen LogP contribution >= 0.6 is 11.3 Å². The predicted octanol–water partition coefficient (Wildman–Crippen LogP) is 3.02. The molecule has 9 nitrogen and oxygen atoms in total. The van der Waals surface area contributed by atoms with Gasteiger partial charge in [-0.15, -0.1) is 11.3 Å². The van der Waals surface area contributed by atoms with Gasteiger partial charge in [0.05, 0.1) is 12.0 Å². The molecule has 0 atom stereocenters. The van der Waals surface area contributed by atoms with E-state index in [1.54, 1.807) is 31.2 Å². The average molecular weight is 437 g/mol. The lowest BCUT2D eigenvalue weighted by molar-refractivity contribution is -0.118. The maximum atomic E-state index is 12.6. The maximum absolute atomic E-state index is 12.6. The second-order valence-corrected chi connectivity index (χ2v) is 7.45. The van der Waals surface area contributed by atoms with Crippen LogP contribution in [0.4, 0.5) is 5.82 Å². The molecule has 0 aliphatic heterocycles. The number of methoxy groups -OCH3 is 1. The molecule has 3 heterocycles. The van der Waals surface area contributed by atoms with E-state index in [4.69, 9.17) is 9.47 Å². The Labute approximate surface area is 181 Å². The summed E-state index contributed by atoms with van der Waals surface area (Å²) in [5.74, 6) is 1.14. The summed E-state index contributed by atoms with van der Waals surface area (Å²) in [5.41, 5.74) is 0.858. The van der Waals surface area contributed by atoms with E-state index in [2.05, 4.69) is 20.4 Å². The number of rotatable bonds is 7. The van der Waals surface area contributed by atoms with Crippen molar-refractivity contribution in [3.8, 4) is 28.0 Å². The molecular formula is C21H19N5O4S. The molecule has 10 heteroatoms. The summed E-state index contributed by atoms with van der Waals surface area (Å²) < 4.78 is 12.2. The molecule has 31 heavy (non-hydrogen) atoms. The lowest BCUT2D eigenvalue weighted by Crippen LogP contribution is -2.23. The van der Waals surface area contributed by atoms with Crippen molar-refractivity contribution in [2.75, 3.05) is 19.0 Å². The number of carbonyl (C=O) groups excluding carboxylic acids is 1. The topological polar surface area (TPSA) is 111 Å². The van der Waals surface area contributed by atoms with Gasteiger partial charge in [0.25, 0.3) is 11.5 Å². The molecule has 0 bridgehead atoms. The van der Waals surface area contributed by atoms with Gasteiger partial charge in [-0.1, -0.05) is 18.2 Å². The van der Waals surface area contributed by atoms with Gasteiger partial charge < -0.3 is 14.8 Å². The summed E-state index contributed by atoms with van der Waals surface area (Å²) in [6.45, 7) is 1.47. The summed E-state index contributed by atoms with van der Waals surface area (Å²) in [7, 11) is 1.53. The molecule has 0 radical (unpaired) electrons. The number of hydrogen-bond acceptors (Lipinski definition) is 7. The lowest BCUT2D eigenvalue weighted by Gasteiger charge is -2.11. The Morgan fingerprint density at radius 3 is 2.71 bits per heavy atom. The van der Waals surface area contributed by atoms with Crippen LogP contribution < -0.4 is 20.3 Å². The first-order valence-electron chi connectivity index (χ1n) is 9.31. The van der Waals surface area contributed by atoms with Gasteiger partial charge in [0.2, 0.25) is 5.95 Å². The normalized spacial score (nSPS) is 10.6. The maximum Gasteiger partial charge on any atom is 0.263 e. The molecule has 0 aliphatic rings. The number of aromatic nitrogens is 4. The number of nitrogens with zero attached hydrogens (tertiary/aromatic N) is 3. The van der Waals surface area contributed by atoms with Gasteiger partial charge in [0.15, 0.2) is 18.1 Å². The molecule has 0 saturated carbocycles. The van der Waals surface area contributed by atoms with Crippen LogP contribution in [0, 0.1) is 6.92 Å². The monoisotopic (exact) mass is 437 g/mol. The highest BCUT2D eigenvalue weighted by Crippen LogP contribution is 2.28. The van der Waals surface area contributed by atoms with Crippen molar-refractivity contribution in [3.63, 3.8) is 0 Å². The van der Waals surface area contributed by atoms with Crippen molar-refractivity contribution in [2.45, 2.75) is 6.92 Å². The minimum Gasteiger partial charge on any atom is -0.493 e. The van der Waals surface area contributed by atoms with Crippen molar-refractivity contribution in [1.82, 2.24) is 19.7 Å². The summed E-state index contributed by atoms with van der Waals surface area (Å²) >= 11 is 1.51. The number of anilines is 1. The lowest BCUT2D eigenvalue weighted by atomic mass is 10.3. The minimum absolute atomic E-state index is 0.203. The van der Waals surface area contributed by atoms with E-state index in [1.807, 2.05) is 23.6 Å². The van der Waals surface area contributed by atoms with E-state index >= 15 is 0 Å². The number of aryl methyl sites for hydroxylation is 1. The molecule has 0 fully saturated rings. The number of aromatic amines is 1. The largest absolute Gasteiger partial charge is 0.493 e. The van der Waals surface area contributed by atoms with Crippen molar-refractivity contribution in [3.05, 3.63) is 70.0 Å². The number of ether oxygens (including phenoxy) is 2. The third-order valence-electron chi connectivity index (χ3n) is 4.24. The molecule has 0 saturated heterocycles. The van der Waals surface area contributed by atoms with Crippen LogP contribution in [0.25, 0.3) is 16.5 Å². The Bertz CT molecular complexity index is 1260. The molecule has 4 rings (SSSR count). The Morgan fingerprint density at radius 1 is 1.19 bits per heavy atom. The van der Waals surface area contributed by atoms with Crippen LogP contribution in [-0.2, 0) is 4.79 Å². The van der Waals surface area contributed by atoms with E-state index < -0.39 is 5.91 Å². The Kier molecular flexibility index (Phi) is 5.80. The highest BCUT2D eigenvalue weighted by atomic mass is 32.1. The molecule has 1 amide bonds. The van der Waals surface area contributed by atoms with E-state index in [-0.39, 0.29) is 18.1 Å². The molecule has 0 spiro atoms. The number of thiophene rings is 1. The molecular weight excluding hydrogens is 418 g/mol. The van der Waals surface area contributed by atoms with Crippen LogP contribution in [0.5, 0.6) is 11.5 Å². The number of benzene rings is 1. The summed E-state index contributed by atoms with van der Waals surface area (Å²) in [4.78, 5) is 32.4. The number of hydrogen-bond donors (Lipinski definition) is 2. The summed E-state index contributed by atoms with van der Waals surface area (Å²) in [6.07, 6.45) is 0. The molecule has 0 aliphatic carbocycles. The Balaban J connectivity index is 1.60. The minimum atomic E-state index is -0.403. The number of carbonyl (C=O) groups is 1. The number of H-pyrrole nitrogens is 1. The van der Waals surface area contributed by atoms with Gasteiger partial charge in [-0.3, -0.25) is 14.6 Å². The summed E-state index contributed by atoms with van der Waals surface area (Å²) in [5, 5.41) is 9.23. The first kappa shape index (κ1) is 20.4. The SMILES string of the molecule is COc1ccccc1OCC(=O)Nc1cc(-c2cccs2)nn1-c1nc(C)cc(=O)[nH]1. The highest BCUT2D eigenvalue weighted by Gasteiger charge is 2.17. The van der Waals surface area contributed by atoms with Crippen LogP contribution in [0.3, 0.4) is 0 Å².